The number of carbonyl (C=O) groups excluding carboxylic acids is 1. The number of carbonyl (C=O) groups is 2. The lowest BCUT2D eigenvalue weighted by atomic mass is 10.2. The molecule has 0 spiro atoms. The predicted molar refractivity (Wildman–Crippen MR) is 73.9 cm³/mol. The Hall–Kier alpha value is -1.44. The first-order chi connectivity index (χ1) is 9.43. The Morgan fingerprint density at radius 3 is 2.45 bits per heavy atom. The zero-order chi connectivity index (χ0) is 15.4. The van der Waals surface area contributed by atoms with Crippen molar-refractivity contribution >= 4 is 11.9 Å². The molecule has 7 nitrogen and oxygen atoms in total. The van der Waals surface area contributed by atoms with Gasteiger partial charge in [-0.1, -0.05) is 13.0 Å². The van der Waals surface area contributed by atoms with Gasteiger partial charge in [-0.3, -0.25) is 15.4 Å². The summed E-state index contributed by atoms with van der Waals surface area (Å²) in [6.07, 6.45) is 1.52. The quantitative estimate of drug-likeness (QED) is 0.176. The Bertz CT molecular complexity index is 320. The minimum absolute atomic E-state index is 0.156. The number of aliphatic hydroxyl groups excluding tert-OH is 1. The maximum absolute atomic E-state index is 11.0. The molecule has 0 saturated carbocycles. The third-order valence-electron chi connectivity index (χ3n) is 2.43. The standard InChI is InChI=1S/C13H24N2O5/c1-10(2)12(18)20-9-8-15-13(19)14-7-5-3-4-6-11(16)17/h13-15,19H,1,3-9H2,2H3,(H,16,17). The number of rotatable bonds is 12. The lowest BCUT2D eigenvalue weighted by molar-refractivity contribution is -0.139. The summed E-state index contributed by atoms with van der Waals surface area (Å²) in [4.78, 5) is 21.3. The van der Waals surface area contributed by atoms with Crippen LogP contribution in [0.15, 0.2) is 12.2 Å². The molecule has 1 atom stereocenters. The molecule has 0 rings (SSSR count). The summed E-state index contributed by atoms with van der Waals surface area (Å²) < 4.78 is 4.84. The van der Waals surface area contributed by atoms with E-state index in [2.05, 4.69) is 17.2 Å². The van der Waals surface area contributed by atoms with Gasteiger partial charge in [0.05, 0.1) is 0 Å². The van der Waals surface area contributed by atoms with Gasteiger partial charge in [0.1, 0.15) is 6.61 Å². The fourth-order valence-electron chi connectivity index (χ4n) is 1.35. The lowest BCUT2D eigenvalue weighted by Crippen LogP contribution is -2.44. The van der Waals surface area contributed by atoms with E-state index in [-0.39, 0.29) is 13.0 Å². The van der Waals surface area contributed by atoms with E-state index in [0.717, 1.165) is 12.8 Å². The topological polar surface area (TPSA) is 108 Å². The summed E-state index contributed by atoms with van der Waals surface area (Å²) in [5.74, 6) is -1.24. The second kappa shape index (κ2) is 11.4. The maximum atomic E-state index is 11.0. The van der Waals surface area contributed by atoms with E-state index in [9.17, 15) is 14.7 Å². The van der Waals surface area contributed by atoms with Gasteiger partial charge in [0.15, 0.2) is 6.35 Å². The summed E-state index contributed by atoms with van der Waals surface area (Å²) in [5.41, 5.74) is 0.338. The highest BCUT2D eigenvalue weighted by Gasteiger charge is 2.04. The van der Waals surface area contributed by atoms with Crippen molar-refractivity contribution in [3.05, 3.63) is 12.2 Å². The Morgan fingerprint density at radius 1 is 1.20 bits per heavy atom. The van der Waals surface area contributed by atoms with Crippen LogP contribution in [0.5, 0.6) is 0 Å². The highest BCUT2D eigenvalue weighted by Crippen LogP contribution is 1.98. The van der Waals surface area contributed by atoms with Crippen LogP contribution in [0.2, 0.25) is 0 Å². The number of aliphatic carboxylic acids is 1. The zero-order valence-corrected chi connectivity index (χ0v) is 11.9. The number of ether oxygens (including phenoxy) is 1. The molecule has 1 unspecified atom stereocenters. The summed E-state index contributed by atoms with van der Waals surface area (Å²) in [7, 11) is 0. The van der Waals surface area contributed by atoms with Crippen LogP contribution in [0.4, 0.5) is 0 Å². The smallest absolute Gasteiger partial charge is 0.333 e. The number of esters is 1. The number of carboxylic acid groups (broad SMARTS) is 1. The van der Waals surface area contributed by atoms with Crippen LogP contribution in [0.1, 0.15) is 32.6 Å². The van der Waals surface area contributed by atoms with Gasteiger partial charge in [0.25, 0.3) is 0 Å². The fourth-order valence-corrected chi connectivity index (χ4v) is 1.35. The molecular formula is C13H24N2O5. The minimum atomic E-state index is -0.877. The fraction of sp³-hybridized carbons (Fsp3) is 0.692. The van der Waals surface area contributed by atoms with Crippen molar-refractivity contribution in [1.82, 2.24) is 10.6 Å². The van der Waals surface area contributed by atoms with Crippen molar-refractivity contribution in [3.63, 3.8) is 0 Å². The van der Waals surface area contributed by atoms with Crippen LogP contribution in [-0.2, 0) is 14.3 Å². The van der Waals surface area contributed by atoms with Gasteiger partial charge in [-0.15, -0.1) is 0 Å². The highest BCUT2D eigenvalue weighted by atomic mass is 16.5. The summed E-state index contributed by atoms with van der Waals surface area (Å²) in [5, 5.41) is 23.5. The van der Waals surface area contributed by atoms with E-state index >= 15 is 0 Å². The Labute approximate surface area is 119 Å². The summed E-state index contributed by atoms with van der Waals surface area (Å²) >= 11 is 0. The molecular weight excluding hydrogens is 264 g/mol. The molecule has 7 heteroatoms. The van der Waals surface area contributed by atoms with E-state index in [1.165, 1.54) is 0 Å². The molecule has 0 bridgehead atoms. The Balaban J connectivity index is 3.37. The average molecular weight is 288 g/mol. The molecule has 0 aromatic carbocycles. The highest BCUT2D eigenvalue weighted by molar-refractivity contribution is 5.86. The normalized spacial score (nSPS) is 11.9. The third kappa shape index (κ3) is 11.6. The second-order valence-electron chi connectivity index (χ2n) is 4.43. The van der Waals surface area contributed by atoms with Crippen molar-refractivity contribution in [1.29, 1.82) is 0 Å². The first-order valence-electron chi connectivity index (χ1n) is 6.62. The summed E-state index contributed by atoms with van der Waals surface area (Å²) in [6, 6.07) is 0. The van der Waals surface area contributed by atoms with E-state index in [4.69, 9.17) is 9.84 Å². The van der Waals surface area contributed by atoms with Crippen LogP contribution in [0.3, 0.4) is 0 Å². The molecule has 0 aromatic rings. The Kier molecular flexibility index (Phi) is 10.6. The first-order valence-corrected chi connectivity index (χ1v) is 6.62. The maximum Gasteiger partial charge on any atom is 0.333 e. The van der Waals surface area contributed by atoms with Gasteiger partial charge in [-0.2, -0.15) is 0 Å². The molecule has 0 aliphatic carbocycles. The molecule has 0 saturated heterocycles. The number of aliphatic hydroxyl groups is 1. The molecule has 0 heterocycles. The monoisotopic (exact) mass is 288 g/mol. The largest absolute Gasteiger partial charge is 0.481 e. The van der Waals surface area contributed by atoms with Gasteiger partial charge in [-0.25, -0.2) is 4.79 Å². The van der Waals surface area contributed by atoms with Crippen molar-refractivity contribution in [2.45, 2.75) is 39.0 Å². The first kappa shape index (κ1) is 18.6. The Morgan fingerprint density at radius 2 is 1.85 bits per heavy atom. The molecule has 0 amide bonds. The van der Waals surface area contributed by atoms with E-state index in [0.29, 0.717) is 25.1 Å². The van der Waals surface area contributed by atoms with Gasteiger partial charge in [0.2, 0.25) is 0 Å². The van der Waals surface area contributed by atoms with Gasteiger partial charge in [0, 0.05) is 18.5 Å². The van der Waals surface area contributed by atoms with E-state index in [1.54, 1.807) is 6.92 Å². The van der Waals surface area contributed by atoms with Crippen molar-refractivity contribution < 1.29 is 24.5 Å². The van der Waals surface area contributed by atoms with Gasteiger partial charge < -0.3 is 14.9 Å². The third-order valence-corrected chi connectivity index (χ3v) is 2.43. The number of hydrogen-bond donors (Lipinski definition) is 4. The predicted octanol–water partition coefficient (Wildman–Crippen LogP) is 0.206. The number of hydrogen-bond acceptors (Lipinski definition) is 6. The van der Waals surface area contributed by atoms with Crippen LogP contribution in [0.25, 0.3) is 0 Å². The van der Waals surface area contributed by atoms with Gasteiger partial charge in [-0.05, 0) is 26.3 Å². The van der Waals surface area contributed by atoms with Crippen LogP contribution < -0.4 is 10.6 Å². The molecule has 116 valence electrons. The molecule has 0 aliphatic heterocycles. The van der Waals surface area contributed by atoms with Crippen LogP contribution >= 0.6 is 0 Å². The number of carboxylic acids is 1. The summed E-state index contributed by atoms with van der Waals surface area (Å²) in [6.45, 7) is 6.08. The van der Waals surface area contributed by atoms with Gasteiger partial charge >= 0.3 is 11.9 Å². The molecule has 0 aliphatic rings. The number of unbranched alkanes of at least 4 members (excludes halogenated alkanes) is 2. The van der Waals surface area contributed by atoms with Crippen molar-refractivity contribution in [3.8, 4) is 0 Å². The van der Waals surface area contributed by atoms with Crippen LogP contribution in [0, 0.1) is 0 Å². The lowest BCUT2D eigenvalue weighted by Gasteiger charge is -2.14. The minimum Gasteiger partial charge on any atom is -0.481 e. The van der Waals surface area contributed by atoms with E-state index in [1.807, 2.05) is 0 Å². The SMILES string of the molecule is C=C(C)C(=O)OCCNC(O)NCCCCCC(=O)O. The van der Waals surface area contributed by atoms with E-state index < -0.39 is 18.3 Å². The van der Waals surface area contributed by atoms with Crippen molar-refractivity contribution in [2.24, 2.45) is 0 Å². The molecule has 0 fully saturated rings. The van der Waals surface area contributed by atoms with Crippen molar-refractivity contribution in [2.75, 3.05) is 19.7 Å². The second-order valence-corrected chi connectivity index (χ2v) is 4.43. The van der Waals surface area contributed by atoms with Crippen LogP contribution in [-0.4, -0.2) is 48.2 Å². The molecule has 20 heavy (non-hydrogen) atoms. The zero-order valence-electron chi connectivity index (χ0n) is 11.9. The number of nitrogens with one attached hydrogen (secondary N) is 2. The average Bonchev–Trinajstić information content (AvgIpc) is 2.37. The molecule has 0 radical (unpaired) electrons. The molecule has 4 N–H and O–H groups in total. The molecule has 0 aromatic heterocycles.